The lowest BCUT2D eigenvalue weighted by molar-refractivity contribution is -0.170. The van der Waals surface area contributed by atoms with Gasteiger partial charge in [0.1, 0.15) is 23.6 Å². The van der Waals surface area contributed by atoms with E-state index in [9.17, 15) is 19.2 Å². The SMILES string of the molecule is C=Cc1cc(/C=C/CO[C@@]2(C)CCC(=O)C(C)C(=O)O[C@H](CC)[C@@]3(C)OC(=O)NC3C(C)C(=O)[C@H](C)C2)cnc1/C=C\C.CC.CC#CC. The van der Waals surface area contributed by atoms with E-state index in [1.165, 1.54) is 6.92 Å². The topological polar surface area (TPSA) is 121 Å². The van der Waals surface area contributed by atoms with Gasteiger partial charge in [0.05, 0.1) is 23.9 Å². The summed E-state index contributed by atoms with van der Waals surface area (Å²) in [7, 11) is 0. The van der Waals surface area contributed by atoms with Crippen molar-refractivity contribution in [1.29, 1.82) is 0 Å². The summed E-state index contributed by atoms with van der Waals surface area (Å²) >= 11 is 0. The van der Waals surface area contributed by atoms with Crippen LogP contribution in [0.1, 0.15) is 119 Å². The number of hydrogen-bond acceptors (Lipinski definition) is 8. The van der Waals surface area contributed by atoms with Gasteiger partial charge in [-0.1, -0.05) is 65.5 Å². The molecule has 49 heavy (non-hydrogen) atoms. The van der Waals surface area contributed by atoms with Gasteiger partial charge in [0.2, 0.25) is 0 Å². The Morgan fingerprint density at radius 2 is 1.76 bits per heavy atom. The smallest absolute Gasteiger partial charge is 0.408 e. The second kappa shape index (κ2) is 20.5. The van der Waals surface area contributed by atoms with Crippen molar-refractivity contribution in [1.82, 2.24) is 10.3 Å². The van der Waals surface area contributed by atoms with Crippen LogP contribution in [0.5, 0.6) is 0 Å². The van der Waals surface area contributed by atoms with E-state index in [1.54, 1.807) is 26.1 Å². The Balaban J connectivity index is 0.00000186. The molecular formula is C40H58N2O7. The van der Waals surface area contributed by atoms with E-state index in [0.29, 0.717) is 19.3 Å². The van der Waals surface area contributed by atoms with Crippen LogP contribution in [0.4, 0.5) is 4.79 Å². The number of carbonyl (C=O) groups excluding carboxylic acids is 4. The first-order valence-electron chi connectivity index (χ1n) is 17.4. The molecule has 3 heterocycles. The molecule has 9 nitrogen and oxygen atoms in total. The number of alkyl carbamates (subject to hydrolysis) is 1. The Bertz CT molecular complexity index is 1420. The molecule has 0 aromatic carbocycles. The number of ketones is 2. The summed E-state index contributed by atoms with van der Waals surface area (Å²) in [5, 5.41) is 2.78. The van der Waals surface area contributed by atoms with Gasteiger partial charge in [-0.15, -0.1) is 11.8 Å². The van der Waals surface area contributed by atoms with Gasteiger partial charge in [-0.3, -0.25) is 19.4 Å². The number of rotatable bonds is 7. The maximum absolute atomic E-state index is 13.7. The van der Waals surface area contributed by atoms with Crippen molar-refractivity contribution in [2.75, 3.05) is 6.61 Å². The highest BCUT2D eigenvalue weighted by Crippen LogP contribution is 2.37. The Labute approximate surface area is 294 Å². The lowest BCUT2D eigenvalue weighted by Crippen LogP contribution is -2.57. The summed E-state index contributed by atoms with van der Waals surface area (Å²) in [5.74, 6) is 2.27. The van der Waals surface area contributed by atoms with Gasteiger partial charge in [0.25, 0.3) is 0 Å². The van der Waals surface area contributed by atoms with E-state index in [-0.39, 0.29) is 24.6 Å². The molecule has 1 amide bonds. The Hall–Kier alpha value is -4.03. The van der Waals surface area contributed by atoms with Crippen molar-refractivity contribution in [2.45, 2.75) is 125 Å². The van der Waals surface area contributed by atoms with Crippen molar-refractivity contribution >= 4 is 41.9 Å². The fourth-order valence-corrected chi connectivity index (χ4v) is 6.12. The first-order valence-corrected chi connectivity index (χ1v) is 17.4. The largest absolute Gasteiger partial charge is 0.458 e. The van der Waals surface area contributed by atoms with Crippen LogP contribution in [-0.2, 0) is 28.6 Å². The van der Waals surface area contributed by atoms with E-state index >= 15 is 0 Å². The van der Waals surface area contributed by atoms with Crippen LogP contribution in [-0.4, -0.2) is 58.6 Å². The number of amides is 1. The predicted octanol–water partition coefficient (Wildman–Crippen LogP) is 8.02. The van der Waals surface area contributed by atoms with Crippen molar-refractivity contribution in [3.8, 4) is 11.8 Å². The molecule has 0 bridgehead atoms. The molecule has 0 saturated carbocycles. The molecule has 0 aliphatic carbocycles. The van der Waals surface area contributed by atoms with Crippen molar-refractivity contribution < 1.29 is 33.4 Å². The Morgan fingerprint density at radius 1 is 1.10 bits per heavy atom. The zero-order valence-corrected chi connectivity index (χ0v) is 31.5. The molecule has 270 valence electrons. The van der Waals surface area contributed by atoms with Gasteiger partial charge in [0, 0.05) is 30.0 Å². The van der Waals surface area contributed by atoms with Gasteiger partial charge in [-0.25, -0.2) is 4.79 Å². The van der Waals surface area contributed by atoms with Gasteiger partial charge in [-0.2, -0.15) is 0 Å². The van der Waals surface area contributed by atoms with Crippen molar-refractivity contribution in [3.63, 3.8) is 0 Å². The number of cyclic esters (lactones) is 1. The summed E-state index contributed by atoms with van der Waals surface area (Å²) < 4.78 is 17.8. The number of pyridine rings is 1. The minimum Gasteiger partial charge on any atom is -0.458 e. The minimum absolute atomic E-state index is 0.0745. The molecule has 0 radical (unpaired) electrons. The number of Topliss-reactive ketones (excluding diaryl/α,β-unsaturated/α-hetero) is 2. The zero-order valence-electron chi connectivity index (χ0n) is 31.5. The number of ether oxygens (including phenoxy) is 3. The summed E-state index contributed by atoms with van der Waals surface area (Å²) in [5.41, 5.74) is 0.518. The molecule has 2 aliphatic rings. The molecule has 0 spiro atoms. The van der Waals surface area contributed by atoms with Crippen molar-refractivity contribution in [3.05, 3.63) is 47.8 Å². The summed E-state index contributed by atoms with van der Waals surface area (Å²) in [4.78, 5) is 56.8. The number of nitrogens with one attached hydrogen (secondary N) is 1. The third-order valence-corrected chi connectivity index (χ3v) is 8.98. The van der Waals surface area contributed by atoms with Crippen LogP contribution < -0.4 is 5.32 Å². The molecule has 3 rings (SSSR count). The molecule has 2 aliphatic heterocycles. The summed E-state index contributed by atoms with van der Waals surface area (Å²) in [6.07, 6.45) is 10.7. The van der Waals surface area contributed by atoms with Gasteiger partial charge in [0.15, 0.2) is 5.60 Å². The number of nitrogens with zero attached hydrogens (tertiary/aromatic N) is 1. The maximum Gasteiger partial charge on any atom is 0.408 e. The molecule has 1 aromatic rings. The highest BCUT2D eigenvalue weighted by molar-refractivity contribution is 5.98. The van der Waals surface area contributed by atoms with E-state index in [4.69, 9.17) is 14.2 Å². The number of hydrogen-bond donors (Lipinski definition) is 1. The number of fused-ring (bicyclic) bond motifs is 1. The Kier molecular flexibility index (Phi) is 18.0. The zero-order chi connectivity index (χ0) is 37.4. The fourth-order valence-electron chi connectivity index (χ4n) is 6.12. The Morgan fingerprint density at radius 3 is 2.33 bits per heavy atom. The van der Waals surface area contributed by atoms with Crippen LogP contribution in [0.15, 0.2) is 31.0 Å². The second-order valence-electron chi connectivity index (χ2n) is 12.6. The van der Waals surface area contributed by atoms with Crippen LogP contribution in [0.25, 0.3) is 18.2 Å². The predicted molar refractivity (Wildman–Crippen MR) is 196 cm³/mol. The number of aromatic nitrogens is 1. The molecule has 7 atom stereocenters. The third kappa shape index (κ3) is 11.8. The monoisotopic (exact) mass is 678 g/mol. The van der Waals surface area contributed by atoms with Gasteiger partial charge >= 0.3 is 12.1 Å². The van der Waals surface area contributed by atoms with Crippen LogP contribution in [0.2, 0.25) is 0 Å². The first-order chi connectivity index (χ1) is 23.2. The van der Waals surface area contributed by atoms with E-state index < -0.39 is 53.2 Å². The fraction of sp³-hybridized carbons (Fsp3) is 0.575. The van der Waals surface area contributed by atoms with Crippen LogP contribution in [0, 0.1) is 29.6 Å². The quantitative estimate of drug-likeness (QED) is 0.175. The molecule has 3 unspecified atom stereocenters. The average molecular weight is 679 g/mol. The summed E-state index contributed by atoms with van der Waals surface area (Å²) in [6, 6.07) is 1.27. The second-order valence-corrected chi connectivity index (χ2v) is 12.6. The molecule has 2 fully saturated rings. The molecule has 1 N–H and O–H groups in total. The number of allylic oxidation sites excluding steroid dienone is 1. The normalized spacial score (nSPS) is 29.1. The molecule has 1 aromatic heterocycles. The molecular weight excluding hydrogens is 620 g/mol. The van der Waals surface area contributed by atoms with Gasteiger partial charge < -0.3 is 19.5 Å². The first kappa shape index (κ1) is 43.0. The average Bonchev–Trinajstić information content (AvgIpc) is 3.42. The third-order valence-electron chi connectivity index (χ3n) is 8.98. The van der Waals surface area contributed by atoms with E-state index in [1.807, 2.05) is 85.8 Å². The summed E-state index contributed by atoms with van der Waals surface area (Å²) in [6.45, 7) is 24.2. The van der Waals surface area contributed by atoms with E-state index in [2.05, 4.69) is 28.7 Å². The van der Waals surface area contributed by atoms with Crippen LogP contribution in [0.3, 0.4) is 0 Å². The number of esters is 1. The van der Waals surface area contributed by atoms with Crippen molar-refractivity contribution in [2.24, 2.45) is 17.8 Å². The minimum atomic E-state index is -1.28. The lowest BCUT2D eigenvalue weighted by Gasteiger charge is -2.39. The standard InChI is InChI=1S/C34H46N2O7.C4H6.C2H6/c1-9-13-26-25(10-2)18-24(20-35-26)14-12-17-41-33(7)16-15-27(37)22(5)31(39)42-28(11-3)34(8)30(36-32(40)43-34)23(6)29(38)21(4)19-33;1-3-4-2;1-2/h9-10,12-14,18,20-23,28,30H,2,11,15-17,19H2,1,3-8H3,(H,36,40);1-2H3;1-2H3/b13-9-,14-12+;;/t21-,22?,23?,28-,30?,33+,34-;;/m1../s1. The molecule has 2 saturated heterocycles. The lowest BCUT2D eigenvalue weighted by atomic mass is 9.75. The van der Waals surface area contributed by atoms with Gasteiger partial charge in [-0.05, 0) is 78.5 Å². The van der Waals surface area contributed by atoms with E-state index in [0.717, 1.165) is 16.8 Å². The highest BCUT2D eigenvalue weighted by atomic mass is 16.6. The molecule has 9 heteroatoms. The maximum atomic E-state index is 13.7. The van der Waals surface area contributed by atoms with Crippen LogP contribution >= 0.6 is 0 Å². The number of carbonyl (C=O) groups is 4. The highest BCUT2D eigenvalue weighted by Gasteiger charge is 2.56.